The fraction of sp³-hybridized carbons (Fsp3) is 0. The molecule has 9 rings (SSSR count). The van der Waals surface area contributed by atoms with Crippen molar-refractivity contribution >= 4 is 70.4 Å². The van der Waals surface area contributed by atoms with E-state index < -0.39 is 0 Å². The maximum atomic E-state index is 2.39. The topological polar surface area (TPSA) is 8.17 Å². The first-order chi connectivity index (χ1) is 22.3. The number of fused-ring (bicyclic) bond motifs is 6. The summed E-state index contributed by atoms with van der Waals surface area (Å²) in [5, 5.41) is 5.14. The number of rotatable bonds is 5. The number of aromatic nitrogens is 1. The van der Waals surface area contributed by atoms with Gasteiger partial charge in [0.1, 0.15) is 0 Å². The third kappa shape index (κ3) is 4.24. The van der Waals surface area contributed by atoms with Crippen molar-refractivity contribution in [1.82, 2.24) is 4.57 Å². The van der Waals surface area contributed by atoms with Crippen LogP contribution in [0.15, 0.2) is 170 Å². The highest BCUT2D eigenvalue weighted by molar-refractivity contribution is 7.26. The van der Waals surface area contributed by atoms with Gasteiger partial charge in [0.15, 0.2) is 0 Å². The summed E-state index contributed by atoms with van der Waals surface area (Å²) in [5.74, 6) is 0. The van der Waals surface area contributed by atoms with Gasteiger partial charge in [-0.25, -0.2) is 0 Å². The van der Waals surface area contributed by atoms with Gasteiger partial charge in [-0.3, -0.25) is 0 Å². The van der Waals surface area contributed by atoms with Gasteiger partial charge in [0.2, 0.25) is 0 Å². The molecule has 212 valence electrons. The third-order valence-electron chi connectivity index (χ3n) is 8.78. The Morgan fingerprint density at radius 1 is 0.422 bits per heavy atom. The fourth-order valence-corrected chi connectivity index (χ4v) is 7.93. The zero-order chi connectivity index (χ0) is 29.7. The third-order valence-corrected chi connectivity index (χ3v) is 9.99. The first kappa shape index (κ1) is 25.8. The molecule has 0 unspecified atom stereocenters. The van der Waals surface area contributed by atoms with Crippen LogP contribution in [-0.4, -0.2) is 4.57 Å². The lowest BCUT2D eigenvalue weighted by Crippen LogP contribution is -2.09. The van der Waals surface area contributed by atoms with Crippen LogP contribution in [0.25, 0.3) is 58.8 Å². The normalized spacial score (nSPS) is 11.6. The number of hydrogen-bond acceptors (Lipinski definition) is 2. The summed E-state index contributed by atoms with van der Waals surface area (Å²) in [6.45, 7) is 0. The molecule has 0 saturated carbocycles. The van der Waals surface area contributed by atoms with E-state index in [1.807, 2.05) is 11.3 Å². The highest BCUT2D eigenvalue weighted by Crippen LogP contribution is 2.45. The Bertz CT molecular complexity index is 2470. The maximum Gasteiger partial charge on any atom is 0.0640 e. The van der Waals surface area contributed by atoms with Crippen molar-refractivity contribution in [1.29, 1.82) is 0 Å². The Morgan fingerprint density at radius 3 is 1.87 bits per heavy atom. The van der Waals surface area contributed by atoms with E-state index >= 15 is 0 Å². The minimum atomic E-state index is 1.14. The van der Waals surface area contributed by atoms with Crippen LogP contribution in [0.5, 0.6) is 0 Å². The summed E-state index contributed by atoms with van der Waals surface area (Å²) in [6, 6.07) is 61.3. The molecular weight excluding hydrogens is 565 g/mol. The van der Waals surface area contributed by atoms with Crippen LogP contribution in [0.1, 0.15) is 0 Å². The average molecular weight is 593 g/mol. The Kier molecular flexibility index (Phi) is 6.03. The van der Waals surface area contributed by atoms with Crippen molar-refractivity contribution in [3.63, 3.8) is 0 Å². The maximum absolute atomic E-state index is 2.39. The molecule has 0 bridgehead atoms. The summed E-state index contributed by atoms with van der Waals surface area (Å²) >= 11 is 1.86. The summed E-state index contributed by atoms with van der Waals surface area (Å²) in [5.41, 5.74) is 9.50. The largest absolute Gasteiger partial charge is 0.309 e. The number of thiophene rings is 1. The lowest BCUT2D eigenvalue weighted by Gasteiger charge is -2.26. The minimum Gasteiger partial charge on any atom is -0.309 e. The van der Waals surface area contributed by atoms with E-state index in [2.05, 4.69) is 179 Å². The van der Waals surface area contributed by atoms with Gasteiger partial charge in [-0.2, -0.15) is 0 Å². The first-order valence-corrected chi connectivity index (χ1v) is 16.1. The van der Waals surface area contributed by atoms with Crippen molar-refractivity contribution in [2.45, 2.75) is 0 Å². The predicted molar refractivity (Wildman–Crippen MR) is 194 cm³/mol. The number of anilines is 3. The molecule has 0 aliphatic carbocycles. The monoisotopic (exact) mass is 592 g/mol. The molecule has 0 amide bonds. The van der Waals surface area contributed by atoms with Crippen LogP contribution in [0, 0.1) is 0 Å². The molecule has 2 aromatic heterocycles. The molecule has 45 heavy (non-hydrogen) atoms. The van der Waals surface area contributed by atoms with E-state index in [4.69, 9.17) is 0 Å². The molecule has 7 aromatic carbocycles. The second-order valence-corrected chi connectivity index (χ2v) is 12.4. The SMILES string of the molecule is c1ccc(N(c2ccc(-c3ccc4c(c3)c3ccccc3n4-c3ccccc3)cc2)c2cccc3c2sc2ccccc23)cc1. The van der Waals surface area contributed by atoms with Crippen LogP contribution in [0.2, 0.25) is 0 Å². The molecule has 2 heterocycles. The van der Waals surface area contributed by atoms with Gasteiger partial charge in [-0.15, -0.1) is 11.3 Å². The molecule has 3 heteroatoms. The summed E-state index contributed by atoms with van der Waals surface area (Å²) in [7, 11) is 0. The first-order valence-electron chi connectivity index (χ1n) is 15.3. The van der Waals surface area contributed by atoms with Crippen LogP contribution < -0.4 is 4.90 Å². The minimum absolute atomic E-state index is 1.14. The molecule has 0 atom stereocenters. The zero-order valence-corrected chi connectivity index (χ0v) is 25.3. The van der Waals surface area contributed by atoms with Gasteiger partial charge < -0.3 is 9.47 Å². The predicted octanol–water partition coefficient (Wildman–Crippen LogP) is 12.3. The number of benzene rings is 7. The zero-order valence-electron chi connectivity index (χ0n) is 24.5. The van der Waals surface area contributed by atoms with Crippen molar-refractivity contribution in [2.75, 3.05) is 4.90 Å². The molecule has 0 aliphatic rings. The highest BCUT2D eigenvalue weighted by Gasteiger charge is 2.18. The van der Waals surface area contributed by atoms with Gasteiger partial charge in [0.25, 0.3) is 0 Å². The second-order valence-electron chi connectivity index (χ2n) is 11.4. The van der Waals surface area contributed by atoms with Crippen LogP contribution >= 0.6 is 11.3 Å². The lowest BCUT2D eigenvalue weighted by molar-refractivity contribution is 1.18. The Labute approximate surface area is 265 Å². The van der Waals surface area contributed by atoms with Crippen LogP contribution in [-0.2, 0) is 0 Å². The van der Waals surface area contributed by atoms with Crippen molar-refractivity contribution in [3.05, 3.63) is 170 Å². The van der Waals surface area contributed by atoms with Crippen molar-refractivity contribution in [3.8, 4) is 16.8 Å². The molecule has 0 fully saturated rings. The molecule has 2 nitrogen and oxygen atoms in total. The van der Waals surface area contributed by atoms with Gasteiger partial charge in [0, 0.05) is 43.3 Å². The highest BCUT2D eigenvalue weighted by atomic mass is 32.1. The van der Waals surface area contributed by atoms with Gasteiger partial charge >= 0.3 is 0 Å². The molecule has 0 saturated heterocycles. The molecule has 0 aliphatic heterocycles. The van der Waals surface area contributed by atoms with Crippen LogP contribution in [0.3, 0.4) is 0 Å². The van der Waals surface area contributed by atoms with Gasteiger partial charge in [-0.05, 0) is 77.9 Å². The molecule has 0 N–H and O–H groups in total. The van der Waals surface area contributed by atoms with Gasteiger partial charge in [0.05, 0.1) is 21.4 Å². The van der Waals surface area contributed by atoms with E-state index in [9.17, 15) is 0 Å². The van der Waals surface area contributed by atoms with E-state index in [1.165, 1.54) is 64.5 Å². The smallest absolute Gasteiger partial charge is 0.0640 e. The number of para-hydroxylation sites is 3. The van der Waals surface area contributed by atoms with E-state index in [0.29, 0.717) is 0 Å². The molecular formula is C42H28N2S. The van der Waals surface area contributed by atoms with Crippen LogP contribution in [0.4, 0.5) is 17.1 Å². The van der Waals surface area contributed by atoms with E-state index in [-0.39, 0.29) is 0 Å². The Hall–Kier alpha value is -5.64. The Balaban J connectivity index is 1.17. The summed E-state index contributed by atoms with van der Waals surface area (Å²) in [6.07, 6.45) is 0. The standard InChI is InChI=1S/C42H28N2S/c1-3-12-31(13-4-1)43(40-20-11-18-36-35-17-8-10-21-41(35)45-42(36)40)33-25-22-29(23-26-33)30-24-27-39-37(28-30)34-16-7-9-19-38(34)44(39)32-14-5-2-6-15-32/h1-28H. The fourth-order valence-electron chi connectivity index (χ4n) is 6.72. The summed E-state index contributed by atoms with van der Waals surface area (Å²) < 4.78 is 4.98. The average Bonchev–Trinajstić information content (AvgIpc) is 3.66. The number of hydrogen-bond donors (Lipinski definition) is 0. The number of nitrogens with zero attached hydrogens (tertiary/aromatic N) is 2. The van der Waals surface area contributed by atoms with Crippen molar-refractivity contribution < 1.29 is 0 Å². The quantitative estimate of drug-likeness (QED) is 0.193. The summed E-state index contributed by atoms with van der Waals surface area (Å²) in [4.78, 5) is 2.39. The molecule has 0 spiro atoms. The second kappa shape index (κ2) is 10.5. The lowest BCUT2D eigenvalue weighted by atomic mass is 10.0. The Morgan fingerprint density at radius 2 is 1.04 bits per heavy atom. The molecule has 0 radical (unpaired) electrons. The van der Waals surface area contributed by atoms with Gasteiger partial charge in [-0.1, -0.05) is 103 Å². The molecule has 9 aromatic rings. The van der Waals surface area contributed by atoms with E-state index in [1.54, 1.807) is 0 Å². The van der Waals surface area contributed by atoms with E-state index in [0.717, 1.165) is 11.4 Å². The van der Waals surface area contributed by atoms with Crippen molar-refractivity contribution in [2.24, 2.45) is 0 Å².